The minimum absolute atomic E-state index is 1.03. The molecule has 0 saturated carbocycles. The van der Waals surface area contributed by atoms with Crippen molar-refractivity contribution in [2.45, 2.75) is 361 Å². The Hall–Kier alpha value is -2.25. The topological polar surface area (TPSA) is 25.3 Å². The Morgan fingerprint density at radius 1 is 0.338 bits per heavy atom. The van der Waals surface area contributed by atoms with Crippen molar-refractivity contribution in [1.82, 2.24) is 0 Å². The third kappa shape index (κ3) is 36.0. The first-order chi connectivity index (χ1) is 38.1. The van der Waals surface area contributed by atoms with Crippen molar-refractivity contribution in [2.24, 2.45) is 0 Å². The SMILES string of the molecule is CCCCCCCCCCCCCCCCCCC=CCCCc1ccccc1C1=C(CCCCCCCC)C(CCCCC)=C(c2ccc(CCCC)cc2)[N+]1=[N-].CCCCCCCC[CH2][Ni][CH2]CCCCCCCC. The van der Waals surface area contributed by atoms with E-state index in [1.807, 2.05) is 14.4 Å². The Balaban J connectivity index is 0.000000902. The molecule has 1 aliphatic rings. The van der Waals surface area contributed by atoms with Gasteiger partial charge in [-0.2, -0.15) is 0 Å². The molecule has 0 unspecified atom stereocenters. The van der Waals surface area contributed by atoms with E-state index in [1.165, 1.54) is 308 Å². The van der Waals surface area contributed by atoms with Crippen LogP contribution in [0.3, 0.4) is 0 Å². The summed E-state index contributed by atoms with van der Waals surface area (Å²) >= 11 is 2.01. The summed E-state index contributed by atoms with van der Waals surface area (Å²) in [6.45, 7) is 13.7. The van der Waals surface area contributed by atoms with Gasteiger partial charge in [0.15, 0.2) is 0 Å². The van der Waals surface area contributed by atoms with E-state index in [0.717, 1.165) is 55.5 Å². The standard InChI is InChI=1S/C56H90N2.2C9H19.Ni/c1-5-9-13-15-17-18-19-20-21-22-23-24-25-26-27-28-29-30-31-32-35-40-50-41-37-38-42-52(50)56-54(44-36-33-16-14-10-6-2)53(43-34-11-7-3)55(58(56)57)51-47-45-49(46-48-51)39-12-8-4;2*1-3-5-7-9-8-6-4-2;/h30-31,37-38,41-42,45-48H,5-29,32-36,39-40,43-44H2,1-4H3;2*1,3-9H2,2H3;. The summed E-state index contributed by atoms with van der Waals surface area (Å²) in [6.07, 6.45) is 69.4. The second-order valence-corrected chi connectivity index (χ2v) is 25.1. The van der Waals surface area contributed by atoms with E-state index in [-0.39, 0.29) is 0 Å². The summed E-state index contributed by atoms with van der Waals surface area (Å²) in [7, 11) is 0. The van der Waals surface area contributed by atoms with Crippen LogP contribution < -0.4 is 0 Å². The van der Waals surface area contributed by atoms with E-state index in [0.29, 0.717) is 0 Å². The molecule has 2 aromatic carbocycles. The normalized spacial score (nSPS) is 12.8. The van der Waals surface area contributed by atoms with Crippen LogP contribution in [-0.2, 0) is 27.3 Å². The van der Waals surface area contributed by atoms with Crippen LogP contribution in [0.2, 0.25) is 10.8 Å². The van der Waals surface area contributed by atoms with Gasteiger partial charge in [0.25, 0.3) is 0 Å². The molecule has 0 fully saturated rings. The summed E-state index contributed by atoms with van der Waals surface area (Å²) in [5, 5.41) is 2.85. The van der Waals surface area contributed by atoms with Gasteiger partial charge in [0.05, 0.1) is 0 Å². The van der Waals surface area contributed by atoms with Crippen LogP contribution in [-0.4, -0.2) is 4.70 Å². The molecule has 3 rings (SSSR count). The van der Waals surface area contributed by atoms with Crippen molar-refractivity contribution < 1.29 is 19.1 Å². The number of nitrogens with zero attached hydrogens (tertiary/aromatic N) is 2. The summed E-state index contributed by atoms with van der Waals surface area (Å²) in [4.78, 5) is 0. The Bertz CT molecular complexity index is 1720. The summed E-state index contributed by atoms with van der Waals surface area (Å²) in [5.41, 5.74) is 22.3. The van der Waals surface area contributed by atoms with Gasteiger partial charge in [0.2, 0.25) is 11.4 Å². The first kappa shape index (κ1) is 70.9. The van der Waals surface area contributed by atoms with Crippen molar-refractivity contribution in [1.29, 1.82) is 0 Å². The van der Waals surface area contributed by atoms with Gasteiger partial charge in [-0.15, -0.1) is 0 Å². The van der Waals surface area contributed by atoms with Gasteiger partial charge in [-0.3, -0.25) is 0 Å². The average molecular weight is 1100 g/mol. The second-order valence-electron chi connectivity index (χ2n) is 23.6. The molecule has 2 nitrogen and oxygen atoms in total. The first-order valence-electron chi connectivity index (χ1n) is 34.3. The molecule has 0 atom stereocenters. The maximum atomic E-state index is 12.3. The Morgan fingerprint density at radius 2 is 0.701 bits per heavy atom. The fraction of sp³-hybridized carbons (Fsp3) is 0.757. The molecule has 1 heterocycles. The van der Waals surface area contributed by atoms with Crippen molar-refractivity contribution in [3.05, 3.63) is 99.6 Å². The monoisotopic (exact) mass is 1100 g/mol. The molecular weight excluding hydrogens is 976 g/mol. The molecule has 2 aromatic rings. The third-order valence-corrected chi connectivity index (χ3v) is 17.7. The maximum absolute atomic E-state index is 12.3. The number of allylic oxidation sites excluding steroid dienone is 4. The van der Waals surface area contributed by atoms with Crippen LogP contribution in [0.1, 0.15) is 359 Å². The molecule has 1 aliphatic heterocycles. The number of unbranched alkanes of at least 4 members (excludes halogenated alkanes) is 37. The van der Waals surface area contributed by atoms with Crippen molar-refractivity contribution in [3.63, 3.8) is 0 Å². The number of hydrogen-bond acceptors (Lipinski definition) is 0. The van der Waals surface area contributed by atoms with Gasteiger partial charge < -0.3 is 5.53 Å². The number of hydrogen-bond donors (Lipinski definition) is 0. The van der Waals surface area contributed by atoms with Crippen LogP contribution in [0, 0.1) is 0 Å². The van der Waals surface area contributed by atoms with Gasteiger partial charge in [-0.05, 0) is 100.0 Å². The molecule has 0 spiro atoms. The summed E-state index contributed by atoms with van der Waals surface area (Å²) in [6, 6.07) is 18.1. The average Bonchev–Trinajstić information content (AvgIpc) is 3.76. The molecular formula is C74H128N2Ni. The van der Waals surface area contributed by atoms with E-state index in [1.54, 1.807) is 4.70 Å². The predicted molar refractivity (Wildman–Crippen MR) is 343 cm³/mol. The van der Waals surface area contributed by atoms with Gasteiger partial charge in [0.1, 0.15) is 0 Å². The molecule has 0 amide bonds. The fourth-order valence-electron chi connectivity index (χ4n) is 11.3. The van der Waals surface area contributed by atoms with Crippen LogP contribution >= 0.6 is 0 Å². The minimum atomic E-state index is 1.03. The molecule has 0 aliphatic carbocycles. The van der Waals surface area contributed by atoms with Crippen molar-refractivity contribution >= 4 is 11.4 Å². The molecule has 77 heavy (non-hydrogen) atoms. The molecule has 0 bridgehead atoms. The van der Waals surface area contributed by atoms with E-state index in [4.69, 9.17) is 0 Å². The molecule has 0 aromatic heterocycles. The molecule has 0 N–H and O–H groups in total. The predicted octanol–water partition coefficient (Wildman–Crippen LogP) is 26.5. The van der Waals surface area contributed by atoms with Crippen molar-refractivity contribution in [2.75, 3.05) is 0 Å². The summed E-state index contributed by atoms with van der Waals surface area (Å²) < 4.78 is 1.62. The molecule has 0 saturated heterocycles. The van der Waals surface area contributed by atoms with Crippen molar-refractivity contribution in [3.8, 4) is 0 Å². The van der Waals surface area contributed by atoms with E-state index >= 15 is 0 Å². The molecule has 444 valence electrons. The number of rotatable bonds is 53. The third-order valence-electron chi connectivity index (χ3n) is 16.4. The summed E-state index contributed by atoms with van der Waals surface area (Å²) in [5.74, 6) is 0. The molecule has 0 radical (unpaired) electrons. The fourth-order valence-corrected chi connectivity index (χ4v) is 12.6. The van der Waals surface area contributed by atoms with Crippen LogP contribution in [0.15, 0.2) is 71.8 Å². The van der Waals surface area contributed by atoms with Gasteiger partial charge >= 0.3 is 129 Å². The van der Waals surface area contributed by atoms with Crippen LogP contribution in [0.25, 0.3) is 16.9 Å². The Kier molecular flexibility index (Phi) is 48.9. The second kappa shape index (κ2) is 53.1. The van der Waals surface area contributed by atoms with E-state index < -0.39 is 0 Å². The zero-order chi connectivity index (χ0) is 55.3. The van der Waals surface area contributed by atoms with Crippen LogP contribution in [0.4, 0.5) is 0 Å². The quantitative estimate of drug-likeness (QED) is 0.0273. The number of aryl methyl sites for hydroxylation is 2. The zero-order valence-corrected chi connectivity index (χ0v) is 53.3. The van der Waals surface area contributed by atoms with Crippen LogP contribution in [0.5, 0.6) is 0 Å². The number of benzene rings is 2. The zero-order valence-electron chi connectivity index (χ0n) is 52.3. The van der Waals surface area contributed by atoms with E-state index in [2.05, 4.69) is 102 Å². The van der Waals surface area contributed by atoms with E-state index in [9.17, 15) is 5.53 Å². The van der Waals surface area contributed by atoms with Gasteiger partial charge in [-0.25, -0.2) is 4.70 Å². The Morgan fingerprint density at radius 3 is 1.17 bits per heavy atom. The molecule has 3 heteroatoms. The van der Waals surface area contributed by atoms with Gasteiger partial charge in [-0.1, -0.05) is 218 Å². The first-order valence-corrected chi connectivity index (χ1v) is 35.7. The van der Waals surface area contributed by atoms with Gasteiger partial charge in [0, 0.05) is 22.3 Å². The Labute approximate surface area is 487 Å².